The van der Waals surface area contributed by atoms with Gasteiger partial charge in [0.1, 0.15) is 12.4 Å². The van der Waals surface area contributed by atoms with E-state index in [9.17, 15) is 14.4 Å². The molecule has 0 unspecified atom stereocenters. The maximum absolute atomic E-state index is 12.7. The lowest BCUT2D eigenvalue weighted by atomic mass is 10.1. The molecule has 2 amide bonds. The lowest BCUT2D eigenvalue weighted by molar-refractivity contribution is -0.120. The van der Waals surface area contributed by atoms with Gasteiger partial charge in [0.25, 0.3) is 5.91 Å². The zero-order chi connectivity index (χ0) is 19.4. The van der Waals surface area contributed by atoms with E-state index in [1.807, 2.05) is 6.92 Å². The summed E-state index contributed by atoms with van der Waals surface area (Å²) in [5.41, 5.74) is 1.50. The molecular formula is C19H22N4O4. The van der Waals surface area contributed by atoms with Crippen LogP contribution in [0, 0.1) is 0 Å². The number of carbonyl (C=O) groups is 3. The number of H-pyrrole nitrogens is 1. The van der Waals surface area contributed by atoms with Gasteiger partial charge in [0.2, 0.25) is 5.91 Å². The third kappa shape index (κ3) is 4.52. The molecule has 8 nitrogen and oxygen atoms in total. The van der Waals surface area contributed by atoms with Crippen molar-refractivity contribution in [3.63, 3.8) is 0 Å². The van der Waals surface area contributed by atoms with Crippen LogP contribution in [0.1, 0.15) is 46.8 Å². The summed E-state index contributed by atoms with van der Waals surface area (Å²) in [4.78, 5) is 37.3. The van der Waals surface area contributed by atoms with Gasteiger partial charge in [0.05, 0.1) is 5.69 Å². The van der Waals surface area contributed by atoms with Crippen molar-refractivity contribution in [2.45, 2.75) is 32.9 Å². The van der Waals surface area contributed by atoms with Gasteiger partial charge >= 0.3 is 0 Å². The lowest BCUT2D eigenvalue weighted by Gasteiger charge is -2.25. The molecule has 2 aromatic rings. The third-order valence-corrected chi connectivity index (χ3v) is 4.45. The summed E-state index contributed by atoms with van der Waals surface area (Å²) in [6.45, 7) is 4.37. The Kier molecular flexibility index (Phi) is 5.54. The summed E-state index contributed by atoms with van der Waals surface area (Å²) in [5.74, 6) is 0.256. The molecule has 3 rings (SSSR count). The van der Waals surface area contributed by atoms with E-state index < -0.39 is 0 Å². The maximum atomic E-state index is 12.7. The Morgan fingerprint density at radius 2 is 2.15 bits per heavy atom. The minimum atomic E-state index is -0.222. The zero-order valence-electron chi connectivity index (χ0n) is 15.3. The van der Waals surface area contributed by atoms with E-state index in [1.54, 1.807) is 35.2 Å². The molecule has 142 valence electrons. The fourth-order valence-corrected chi connectivity index (χ4v) is 2.86. The minimum absolute atomic E-state index is 0.0329. The Morgan fingerprint density at radius 1 is 1.33 bits per heavy atom. The number of nitrogens with one attached hydrogen (secondary N) is 2. The number of amides is 2. The van der Waals surface area contributed by atoms with Gasteiger partial charge in [-0.2, -0.15) is 5.10 Å². The molecule has 1 fully saturated rings. The molecule has 1 atom stereocenters. The van der Waals surface area contributed by atoms with Crippen molar-refractivity contribution in [2.75, 3.05) is 13.1 Å². The Morgan fingerprint density at radius 3 is 2.93 bits per heavy atom. The molecule has 1 saturated heterocycles. The van der Waals surface area contributed by atoms with E-state index >= 15 is 0 Å². The van der Waals surface area contributed by atoms with Gasteiger partial charge in [-0.05, 0) is 32.0 Å². The van der Waals surface area contributed by atoms with Gasteiger partial charge in [-0.3, -0.25) is 19.5 Å². The van der Waals surface area contributed by atoms with Crippen LogP contribution in [0.25, 0.3) is 0 Å². The number of rotatable bonds is 5. The van der Waals surface area contributed by atoms with Crippen LogP contribution in [0.4, 0.5) is 0 Å². The summed E-state index contributed by atoms with van der Waals surface area (Å²) in [6, 6.07) is 8.46. The first-order chi connectivity index (χ1) is 12.9. The van der Waals surface area contributed by atoms with Crippen molar-refractivity contribution in [1.29, 1.82) is 0 Å². The van der Waals surface area contributed by atoms with E-state index in [0.29, 0.717) is 30.1 Å². The summed E-state index contributed by atoms with van der Waals surface area (Å²) in [7, 11) is 0. The number of hydrogen-bond acceptors (Lipinski definition) is 5. The van der Waals surface area contributed by atoms with Crippen molar-refractivity contribution < 1.29 is 19.1 Å². The molecular weight excluding hydrogens is 348 g/mol. The number of ether oxygens (including phenoxy) is 1. The Labute approximate surface area is 156 Å². The highest BCUT2D eigenvalue weighted by Gasteiger charge is 2.26. The second-order valence-electron chi connectivity index (χ2n) is 6.55. The molecule has 0 spiro atoms. The predicted molar refractivity (Wildman–Crippen MR) is 97.5 cm³/mol. The highest BCUT2D eigenvalue weighted by Crippen LogP contribution is 2.16. The molecule has 0 saturated carbocycles. The van der Waals surface area contributed by atoms with Crippen LogP contribution >= 0.6 is 0 Å². The SMILES string of the molecule is CC(=O)c1cccc(OCc2cc(C(=O)N3CCC(=O)NC[C@H]3C)n[nH]2)c1. The van der Waals surface area contributed by atoms with Gasteiger partial charge in [-0.25, -0.2) is 0 Å². The first-order valence-electron chi connectivity index (χ1n) is 8.80. The molecule has 27 heavy (non-hydrogen) atoms. The average molecular weight is 370 g/mol. The molecule has 0 aliphatic carbocycles. The molecule has 0 radical (unpaired) electrons. The number of carbonyl (C=O) groups excluding carboxylic acids is 3. The minimum Gasteiger partial charge on any atom is -0.487 e. The van der Waals surface area contributed by atoms with Gasteiger partial charge < -0.3 is 15.0 Å². The second kappa shape index (κ2) is 8.03. The Balaban J connectivity index is 1.64. The summed E-state index contributed by atoms with van der Waals surface area (Å²) >= 11 is 0. The number of Topliss-reactive ketones (excluding diaryl/α,β-unsaturated/α-hetero) is 1. The molecule has 0 bridgehead atoms. The number of nitrogens with zero attached hydrogens (tertiary/aromatic N) is 2. The predicted octanol–water partition coefficient (Wildman–Crippen LogP) is 1.54. The van der Waals surface area contributed by atoms with Crippen LogP contribution in [-0.4, -0.2) is 51.8 Å². The first kappa shape index (κ1) is 18.6. The number of aromatic nitrogens is 2. The normalized spacial score (nSPS) is 17.2. The number of hydrogen-bond donors (Lipinski definition) is 2. The van der Waals surface area contributed by atoms with Crippen LogP contribution in [0.2, 0.25) is 0 Å². The smallest absolute Gasteiger partial charge is 0.274 e. The number of ketones is 1. The highest BCUT2D eigenvalue weighted by atomic mass is 16.5. The van der Waals surface area contributed by atoms with Crippen molar-refractivity contribution in [2.24, 2.45) is 0 Å². The first-order valence-corrected chi connectivity index (χ1v) is 8.80. The topological polar surface area (TPSA) is 104 Å². The Hall–Kier alpha value is -3.16. The third-order valence-electron chi connectivity index (χ3n) is 4.45. The maximum Gasteiger partial charge on any atom is 0.274 e. The number of aromatic amines is 1. The van der Waals surface area contributed by atoms with Crippen LogP contribution in [0.15, 0.2) is 30.3 Å². The van der Waals surface area contributed by atoms with Crippen LogP contribution in [0.3, 0.4) is 0 Å². The standard InChI is InChI=1S/C19H22N4O4/c1-12-10-20-18(25)6-7-23(12)19(26)17-9-15(21-22-17)11-27-16-5-3-4-14(8-16)13(2)24/h3-5,8-9,12H,6-7,10-11H2,1-2H3,(H,20,25)(H,21,22)/t12-/m1/s1. The van der Waals surface area contributed by atoms with E-state index in [0.717, 1.165) is 0 Å². The van der Waals surface area contributed by atoms with Crippen LogP contribution < -0.4 is 10.1 Å². The second-order valence-corrected chi connectivity index (χ2v) is 6.55. The summed E-state index contributed by atoms with van der Waals surface area (Å²) in [6.07, 6.45) is 0.281. The zero-order valence-corrected chi connectivity index (χ0v) is 15.3. The van der Waals surface area contributed by atoms with Gasteiger partial charge in [0.15, 0.2) is 11.5 Å². The van der Waals surface area contributed by atoms with Crippen molar-refractivity contribution >= 4 is 17.6 Å². The fourth-order valence-electron chi connectivity index (χ4n) is 2.86. The van der Waals surface area contributed by atoms with Gasteiger partial charge in [0, 0.05) is 31.1 Å². The van der Waals surface area contributed by atoms with Crippen molar-refractivity contribution in [3.05, 3.63) is 47.3 Å². The highest BCUT2D eigenvalue weighted by molar-refractivity contribution is 5.94. The average Bonchev–Trinajstić information content (AvgIpc) is 3.07. The quantitative estimate of drug-likeness (QED) is 0.777. The van der Waals surface area contributed by atoms with E-state index in [2.05, 4.69) is 15.5 Å². The van der Waals surface area contributed by atoms with Crippen molar-refractivity contribution in [3.8, 4) is 5.75 Å². The van der Waals surface area contributed by atoms with Gasteiger partial charge in [-0.1, -0.05) is 12.1 Å². The van der Waals surface area contributed by atoms with E-state index in [4.69, 9.17) is 4.74 Å². The van der Waals surface area contributed by atoms with Crippen molar-refractivity contribution in [1.82, 2.24) is 20.4 Å². The monoisotopic (exact) mass is 370 g/mol. The van der Waals surface area contributed by atoms with Crippen LogP contribution in [-0.2, 0) is 11.4 Å². The summed E-state index contributed by atoms with van der Waals surface area (Å²) in [5, 5.41) is 9.66. The molecule has 2 heterocycles. The van der Waals surface area contributed by atoms with E-state index in [-0.39, 0.29) is 42.4 Å². The molecule has 1 aliphatic rings. The van der Waals surface area contributed by atoms with Gasteiger partial charge in [-0.15, -0.1) is 0 Å². The van der Waals surface area contributed by atoms with E-state index in [1.165, 1.54) is 6.92 Å². The molecule has 8 heteroatoms. The van der Waals surface area contributed by atoms with Crippen LogP contribution in [0.5, 0.6) is 5.75 Å². The summed E-state index contributed by atoms with van der Waals surface area (Å²) < 4.78 is 5.67. The largest absolute Gasteiger partial charge is 0.487 e. The molecule has 1 aromatic carbocycles. The fraction of sp³-hybridized carbons (Fsp3) is 0.368. The lowest BCUT2D eigenvalue weighted by Crippen LogP contribution is -2.42. The Bertz CT molecular complexity index is 861. The molecule has 1 aromatic heterocycles. The number of benzene rings is 1. The molecule has 1 aliphatic heterocycles. The molecule has 2 N–H and O–H groups in total.